The van der Waals surface area contributed by atoms with Crippen molar-refractivity contribution in [1.82, 2.24) is 9.97 Å². The van der Waals surface area contributed by atoms with Crippen molar-refractivity contribution >= 4 is 0 Å². The van der Waals surface area contributed by atoms with Gasteiger partial charge in [0, 0.05) is 29.8 Å². The number of fused-ring (bicyclic) bond motifs is 1. The van der Waals surface area contributed by atoms with Crippen LogP contribution in [-0.2, 0) is 12.8 Å². The summed E-state index contributed by atoms with van der Waals surface area (Å²) in [6.45, 7) is 4.53. The molecule has 0 saturated heterocycles. The lowest BCUT2D eigenvalue weighted by molar-refractivity contribution is 0.737. The Kier molecular flexibility index (Phi) is 2.43. The lowest BCUT2D eigenvalue weighted by Gasteiger charge is -2.26. The summed E-state index contributed by atoms with van der Waals surface area (Å²) in [5, 5.41) is 0. The quantitative estimate of drug-likeness (QED) is 0.781. The molecule has 0 aliphatic heterocycles. The number of rotatable bonds is 2. The SMILES string of the molecule is CC(C)c1c(-c2ccncc2)cnc2c1CC2. The summed E-state index contributed by atoms with van der Waals surface area (Å²) in [5.41, 5.74) is 6.76. The fraction of sp³-hybridized carbons (Fsp3) is 0.333. The fourth-order valence-electron chi connectivity index (χ4n) is 2.59. The highest BCUT2D eigenvalue weighted by molar-refractivity contribution is 5.69. The molecule has 17 heavy (non-hydrogen) atoms. The number of aryl methyl sites for hydroxylation is 1. The molecule has 1 aliphatic rings. The number of hydrogen-bond acceptors (Lipinski definition) is 2. The molecular formula is C15H16N2. The van der Waals surface area contributed by atoms with Crippen LogP contribution in [0.15, 0.2) is 30.7 Å². The first-order valence-corrected chi connectivity index (χ1v) is 6.18. The molecule has 0 atom stereocenters. The van der Waals surface area contributed by atoms with Crippen LogP contribution in [0.25, 0.3) is 11.1 Å². The van der Waals surface area contributed by atoms with Gasteiger partial charge >= 0.3 is 0 Å². The molecule has 0 amide bonds. The monoisotopic (exact) mass is 224 g/mol. The number of hydrogen-bond donors (Lipinski definition) is 0. The maximum Gasteiger partial charge on any atom is 0.0442 e. The van der Waals surface area contributed by atoms with Crippen molar-refractivity contribution in [2.45, 2.75) is 32.6 Å². The van der Waals surface area contributed by atoms with Gasteiger partial charge in [-0.25, -0.2) is 0 Å². The maximum absolute atomic E-state index is 4.56. The van der Waals surface area contributed by atoms with E-state index in [1.165, 1.54) is 34.4 Å². The van der Waals surface area contributed by atoms with Crippen LogP contribution < -0.4 is 0 Å². The molecule has 0 aromatic carbocycles. The second kappa shape index (κ2) is 3.95. The molecule has 0 spiro atoms. The lowest BCUT2D eigenvalue weighted by atomic mass is 9.81. The molecule has 3 rings (SSSR count). The molecule has 1 aliphatic carbocycles. The zero-order valence-electron chi connectivity index (χ0n) is 10.3. The van der Waals surface area contributed by atoms with Crippen molar-refractivity contribution in [1.29, 1.82) is 0 Å². The number of aromatic nitrogens is 2. The van der Waals surface area contributed by atoms with Crippen molar-refractivity contribution in [2.24, 2.45) is 0 Å². The standard InChI is InChI=1S/C15H16N2/c1-10(2)15-12-3-4-14(12)17-9-13(15)11-5-7-16-8-6-11/h5-10H,3-4H2,1-2H3. The first kappa shape index (κ1) is 10.5. The zero-order valence-corrected chi connectivity index (χ0v) is 10.3. The average Bonchev–Trinajstić information content (AvgIpc) is 2.31. The van der Waals surface area contributed by atoms with Crippen molar-refractivity contribution in [2.75, 3.05) is 0 Å². The average molecular weight is 224 g/mol. The van der Waals surface area contributed by atoms with Crippen molar-refractivity contribution in [3.05, 3.63) is 47.5 Å². The highest BCUT2D eigenvalue weighted by Gasteiger charge is 2.23. The minimum absolute atomic E-state index is 0.551. The minimum Gasteiger partial charge on any atom is -0.265 e. The van der Waals surface area contributed by atoms with Crippen LogP contribution in [-0.4, -0.2) is 9.97 Å². The van der Waals surface area contributed by atoms with Gasteiger partial charge in [0.2, 0.25) is 0 Å². The molecule has 2 aromatic rings. The van der Waals surface area contributed by atoms with Gasteiger partial charge in [0.15, 0.2) is 0 Å². The first-order chi connectivity index (χ1) is 8.27. The van der Waals surface area contributed by atoms with Crippen LogP contribution in [0.1, 0.15) is 36.6 Å². The Bertz CT molecular complexity index is 544. The van der Waals surface area contributed by atoms with Crippen LogP contribution in [0.2, 0.25) is 0 Å². The van der Waals surface area contributed by atoms with Gasteiger partial charge in [-0.1, -0.05) is 13.8 Å². The zero-order chi connectivity index (χ0) is 11.8. The molecule has 0 radical (unpaired) electrons. The van der Waals surface area contributed by atoms with E-state index in [1.54, 1.807) is 0 Å². The minimum atomic E-state index is 0.551. The van der Waals surface area contributed by atoms with E-state index in [4.69, 9.17) is 0 Å². The molecule has 0 unspecified atom stereocenters. The lowest BCUT2D eigenvalue weighted by Crippen LogP contribution is -2.16. The summed E-state index contributed by atoms with van der Waals surface area (Å²) in [6.07, 6.45) is 8.06. The van der Waals surface area contributed by atoms with E-state index in [9.17, 15) is 0 Å². The Balaban J connectivity index is 2.21. The summed E-state index contributed by atoms with van der Waals surface area (Å²) in [7, 11) is 0. The molecule has 2 heterocycles. The highest BCUT2D eigenvalue weighted by atomic mass is 14.7. The van der Waals surface area contributed by atoms with Gasteiger partial charge in [0.1, 0.15) is 0 Å². The predicted octanol–water partition coefficient (Wildman–Crippen LogP) is 3.37. The van der Waals surface area contributed by atoms with Gasteiger partial charge in [-0.05, 0) is 47.6 Å². The van der Waals surface area contributed by atoms with E-state index < -0.39 is 0 Å². The number of nitrogens with zero attached hydrogens (tertiary/aromatic N) is 2. The number of pyridine rings is 2. The van der Waals surface area contributed by atoms with E-state index in [0.29, 0.717) is 5.92 Å². The van der Waals surface area contributed by atoms with Crippen molar-refractivity contribution in [3.63, 3.8) is 0 Å². The summed E-state index contributed by atoms with van der Waals surface area (Å²) < 4.78 is 0. The van der Waals surface area contributed by atoms with Crippen LogP contribution >= 0.6 is 0 Å². The van der Waals surface area contributed by atoms with Gasteiger partial charge in [-0.3, -0.25) is 9.97 Å². The summed E-state index contributed by atoms with van der Waals surface area (Å²) in [4.78, 5) is 8.64. The van der Waals surface area contributed by atoms with E-state index >= 15 is 0 Å². The molecular weight excluding hydrogens is 208 g/mol. The predicted molar refractivity (Wildman–Crippen MR) is 69.0 cm³/mol. The third kappa shape index (κ3) is 1.64. The van der Waals surface area contributed by atoms with E-state index in [-0.39, 0.29) is 0 Å². The second-order valence-electron chi connectivity index (χ2n) is 4.90. The normalized spacial score (nSPS) is 13.4. The molecule has 2 heteroatoms. The molecule has 0 saturated carbocycles. The Hall–Kier alpha value is -1.70. The Morgan fingerprint density at radius 2 is 1.88 bits per heavy atom. The third-order valence-corrected chi connectivity index (χ3v) is 3.49. The Morgan fingerprint density at radius 1 is 1.12 bits per heavy atom. The fourth-order valence-corrected chi connectivity index (χ4v) is 2.59. The van der Waals surface area contributed by atoms with Gasteiger partial charge < -0.3 is 0 Å². The molecule has 2 aromatic heterocycles. The second-order valence-corrected chi connectivity index (χ2v) is 4.90. The first-order valence-electron chi connectivity index (χ1n) is 6.18. The van der Waals surface area contributed by atoms with Crippen LogP contribution in [0.5, 0.6) is 0 Å². The van der Waals surface area contributed by atoms with Crippen LogP contribution in [0, 0.1) is 0 Å². The van der Waals surface area contributed by atoms with Gasteiger partial charge in [0.25, 0.3) is 0 Å². The highest BCUT2D eigenvalue weighted by Crippen LogP contribution is 2.36. The molecule has 86 valence electrons. The summed E-state index contributed by atoms with van der Waals surface area (Å²) >= 11 is 0. The van der Waals surface area contributed by atoms with Gasteiger partial charge in [0.05, 0.1) is 0 Å². The summed E-state index contributed by atoms with van der Waals surface area (Å²) in [5.74, 6) is 0.551. The molecule has 0 bridgehead atoms. The molecule has 0 fully saturated rings. The molecule has 2 nitrogen and oxygen atoms in total. The van der Waals surface area contributed by atoms with Crippen LogP contribution in [0.4, 0.5) is 0 Å². The van der Waals surface area contributed by atoms with Crippen molar-refractivity contribution in [3.8, 4) is 11.1 Å². The Labute approximate surface area is 102 Å². The largest absolute Gasteiger partial charge is 0.265 e. The van der Waals surface area contributed by atoms with Crippen molar-refractivity contribution < 1.29 is 0 Å². The van der Waals surface area contributed by atoms with Crippen LogP contribution in [0.3, 0.4) is 0 Å². The maximum atomic E-state index is 4.56. The smallest absolute Gasteiger partial charge is 0.0442 e. The Morgan fingerprint density at radius 3 is 2.47 bits per heavy atom. The summed E-state index contributed by atoms with van der Waals surface area (Å²) in [6, 6.07) is 4.13. The third-order valence-electron chi connectivity index (χ3n) is 3.49. The van der Waals surface area contributed by atoms with E-state index in [0.717, 1.165) is 6.42 Å². The van der Waals surface area contributed by atoms with Gasteiger partial charge in [-0.2, -0.15) is 0 Å². The van der Waals surface area contributed by atoms with E-state index in [2.05, 4.69) is 35.9 Å². The van der Waals surface area contributed by atoms with Gasteiger partial charge in [-0.15, -0.1) is 0 Å². The van der Waals surface area contributed by atoms with E-state index in [1.807, 2.05) is 18.6 Å². The topological polar surface area (TPSA) is 25.8 Å². The molecule has 0 N–H and O–H groups in total.